The number of pyridine rings is 3. The van der Waals surface area contributed by atoms with Crippen molar-refractivity contribution in [1.29, 1.82) is 0 Å². The number of imidazole rings is 2. The van der Waals surface area contributed by atoms with E-state index in [2.05, 4.69) is 88.9 Å². The number of aryl methyl sites for hydroxylation is 2. The zero-order valence-corrected chi connectivity index (χ0v) is 26.0. The Morgan fingerprint density at radius 2 is 1.25 bits per heavy atom. The first-order chi connectivity index (χ1) is 21.1. The summed E-state index contributed by atoms with van der Waals surface area (Å²) in [6.45, 7) is 4.33. The number of fused-ring (bicyclic) bond motifs is 12. The van der Waals surface area contributed by atoms with E-state index in [0.29, 0.717) is 11.5 Å². The average molecular weight is 749 g/mol. The normalized spacial score (nSPS) is 11.7. The molecule has 0 saturated heterocycles. The molecule has 0 atom stereocenters. The molecule has 4 aromatic carbocycles. The molecular formula is C37H23N5OPt. The van der Waals surface area contributed by atoms with E-state index in [-0.39, 0.29) is 21.1 Å². The van der Waals surface area contributed by atoms with Crippen molar-refractivity contribution in [3.05, 3.63) is 127 Å². The number of nitrogens with zero attached hydrogens (tertiary/aromatic N) is 5. The van der Waals surface area contributed by atoms with E-state index >= 15 is 0 Å². The number of ether oxygens (including phenoxy) is 1. The van der Waals surface area contributed by atoms with E-state index in [1.807, 2.05) is 53.5 Å². The molecule has 7 heteroatoms. The first kappa shape index (κ1) is 26.6. The summed E-state index contributed by atoms with van der Waals surface area (Å²) < 4.78 is 10.6. The van der Waals surface area contributed by atoms with Crippen LogP contribution in [0.3, 0.4) is 0 Å². The molecule has 5 heterocycles. The summed E-state index contributed by atoms with van der Waals surface area (Å²) in [5.41, 5.74) is 9.66. The minimum absolute atomic E-state index is 0. The van der Waals surface area contributed by atoms with Gasteiger partial charge in [0.2, 0.25) is 0 Å². The van der Waals surface area contributed by atoms with E-state index < -0.39 is 0 Å². The summed E-state index contributed by atoms with van der Waals surface area (Å²) >= 11 is 0. The maximum Gasteiger partial charge on any atom is 2.00 e. The minimum Gasteiger partial charge on any atom is -0.497 e. The predicted octanol–water partition coefficient (Wildman–Crippen LogP) is 8.66. The van der Waals surface area contributed by atoms with E-state index in [1.54, 1.807) is 6.20 Å². The molecule has 5 aromatic heterocycles. The molecule has 9 rings (SSSR count). The molecule has 44 heavy (non-hydrogen) atoms. The third-order valence-corrected chi connectivity index (χ3v) is 8.40. The Balaban J connectivity index is 0.00000289. The number of hydrogen-bond donors (Lipinski definition) is 0. The molecule has 0 unspecified atom stereocenters. The molecule has 0 aliphatic rings. The van der Waals surface area contributed by atoms with Crippen molar-refractivity contribution in [2.24, 2.45) is 0 Å². The summed E-state index contributed by atoms with van der Waals surface area (Å²) in [6.07, 6.45) is 9.40. The van der Waals surface area contributed by atoms with Gasteiger partial charge in [0.25, 0.3) is 0 Å². The van der Waals surface area contributed by atoms with E-state index in [0.717, 1.165) is 54.8 Å². The van der Waals surface area contributed by atoms with Crippen molar-refractivity contribution in [2.45, 2.75) is 13.8 Å². The Kier molecular flexibility index (Phi) is 6.04. The predicted molar refractivity (Wildman–Crippen MR) is 171 cm³/mol. The molecule has 0 bridgehead atoms. The summed E-state index contributed by atoms with van der Waals surface area (Å²) in [7, 11) is 0. The molecule has 0 fully saturated rings. The quantitative estimate of drug-likeness (QED) is 0.134. The smallest absolute Gasteiger partial charge is 0.497 e. The van der Waals surface area contributed by atoms with Crippen molar-refractivity contribution >= 4 is 54.8 Å². The fourth-order valence-electron chi connectivity index (χ4n) is 6.51. The van der Waals surface area contributed by atoms with Crippen LogP contribution in [0, 0.1) is 26.0 Å². The summed E-state index contributed by atoms with van der Waals surface area (Å²) in [4.78, 5) is 14.0. The van der Waals surface area contributed by atoms with Crippen LogP contribution in [0.4, 0.5) is 0 Å². The zero-order valence-electron chi connectivity index (χ0n) is 23.8. The van der Waals surface area contributed by atoms with Crippen LogP contribution in [0.15, 0.2) is 104 Å². The first-order valence-electron chi connectivity index (χ1n) is 14.2. The van der Waals surface area contributed by atoms with Crippen molar-refractivity contribution in [1.82, 2.24) is 23.8 Å². The van der Waals surface area contributed by atoms with E-state index in [4.69, 9.17) is 9.72 Å². The molecule has 9 aromatic rings. The van der Waals surface area contributed by atoms with Gasteiger partial charge in [-0.3, -0.25) is 15.0 Å². The van der Waals surface area contributed by atoms with Crippen LogP contribution in [0.1, 0.15) is 11.1 Å². The Morgan fingerprint density at radius 3 is 1.98 bits per heavy atom. The van der Waals surface area contributed by atoms with Gasteiger partial charge in [0, 0.05) is 48.0 Å². The molecule has 0 saturated carbocycles. The molecule has 0 radical (unpaired) electrons. The monoisotopic (exact) mass is 748 g/mol. The Labute approximate surface area is 266 Å². The van der Waals surface area contributed by atoms with Crippen molar-refractivity contribution in [3.63, 3.8) is 0 Å². The minimum atomic E-state index is 0. The molecule has 0 aliphatic heterocycles. The fourth-order valence-corrected chi connectivity index (χ4v) is 6.51. The van der Waals surface area contributed by atoms with Gasteiger partial charge >= 0.3 is 21.1 Å². The van der Waals surface area contributed by atoms with Gasteiger partial charge in [-0.05, 0) is 59.7 Å². The standard InChI is InChI=1S/C37H23N5O.Pt/c1-22-5-3-6-23(2)34(22)24-8-11-28-27-12-9-25(20-30(27)36-39-16-18-42(36)33(28)19-24)43-26-10-13-29-31(21-26)37-40-15-17-41(37)32-7-4-14-38-35(29)32;/h3-19H,1-2H3;/q-2;+2. The van der Waals surface area contributed by atoms with Crippen LogP contribution in [-0.2, 0) is 21.1 Å². The third-order valence-electron chi connectivity index (χ3n) is 8.40. The van der Waals surface area contributed by atoms with E-state index in [9.17, 15) is 0 Å². The second-order valence-corrected chi connectivity index (χ2v) is 10.9. The van der Waals surface area contributed by atoms with Gasteiger partial charge in [0.1, 0.15) is 0 Å². The Morgan fingerprint density at radius 1 is 0.614 bits per heavy atom. The van der Waals surface area contributed by atoms with Gasteiger partial charge in [0.05, 0.1) is 22.3 Å². The van der Waals surface area contributed by atoms with Crippen molar-refractivity contribution < 1.29 is 25.8 Å². The van der Waals surface area contributed by atoms with Crippen LogP contribution in [0.5, 0.6) is 11.5 Å². The zero-order chi connectivity index (χ0) is 28.7. The molecule has 0 spiro atoms. The maximum absolute atomic E-state index is 6.37. The summed E-state index contributed by atoms with van der Waals surface area (Å²) in [5, 5.41) is 4.96. The van der Waals surface area contributed by atoms with Crippen LogP contribution in [0.2, 0.25) is 0 Å². The van der Waals surface area contributed by atoms with Gasteiger partial charge in [0.15, 0.2) is 0 Å². The average Bonchev–Trinajstić information content (AvgIpc) is 3.73. The van der Waals surface area contributed by atoms with Gasteiger partial charge < -0.3 is 13.5 Å². The largest absolute Gasteiger partial charge is 2.00 e. The molecule has 0 aliphatic carbocycles. The molecule has 0 amide bonds. The van der Waals surface area contributed by atoms with Crippen molar-refractivity contribution in [3.8, 4) is 22.6 Å². The molecular weight excluding hydrogens is 726 g/mol. The molecule has 6 nitrogen and oxygen atoms in total. The third kappa shape index (κ3) is 3.88. The van der Waals surface area contributed by atoms with Crippen LogP contribution in [-0.4, -0.2) is 23.8 Å². The topological polar surface area (TPSA) is 56.7 Å². The second kappa shape index (κ2) is 10.0. The maximum atomic E-state index is 6.37. The van der Waals surface area contributed by atoms with Gasteiger partial charge in [-0.25, -0.2) is 0 Å². The van der Waals surface area contributed by atoms with Crippen LogP contribution in [0.25, 0.3) is 65.9 Å². The Bertz CT molecular complexity index is 2560. The number of aromatic nitrogens is 5. The number of rotatable bonds is 3. The van der Waals surface area contributed by atoms with Gasteiger partial charge in [-0.1, -0.05) is 76.1 Å². The number of hydrogen-bond acceptors (Lipinski definition) is 4. The van der Waals surface area contributed by atoms with Gasteiger partial charge in [-0.2, -0.15) is 0 Å². The molecule has 0 N–H and O–H groups in total. The molecule has 212 valence electrons. The Hall–Kier alpha value is -5.06. The van der Waals surface area contributed by atoms with E-state index in [1.165, 1.54) is 22.3 Å². The van der Waals surface area contributed by atoms with Crippen LogP contribution < -0.4 is 4.74 Å². The van der Waals surface area contributed by atoms with Crippen LogP contribution >= 0.6 is 0 Å². The second-order valence-electron chi connectivity index (χ2n) is 10.9. The fraction of sp³-hybridized carbons (Fsp3) is 0.0541. The number of benzene rings is 4. The van der Waals surface area contributed by atoms with Gasteiger partial charge in [-0.15, -0.1) is 12.1 Å². The summed E-state index contributed by atoms with van der Waals surface area (Å²) in [6, 6.07) is 32.1. The van der Waals surface area contributed by atoms with Crippen molar-refractivity contribution in [2.75, 3.05) is 0 Å². The summed E-state index contributed by atoms with van der Waals surface area (Å²) in [5.74, 6) is 1.18. The first-order valence-corrected chi connectivity index (χ1v) is 14.2. The SMILES string of the molecule is Cc1cccc(C)c1-c1ccc2c3ccc(Oc4[c-]c5c(cc4)c4ncccc4n4ccnc54)[c-]c3c3nccn3c2c1.[Pt+2].